The molecular formula is C14H8ClF3N2S. The standard InChI is InChI=1S/C14H8ClF3N2S/c15-9-5-8(14(16,17)18)6-10(7-9)20-12-4-2-1-3-11(12)19-13(20)21/h1-7H,(H,19,21). The number of benzene rings is 2. The smallest absolute Gasteiger partial charge is 0.330 e. The molecule has 0 saturated carbocycles. The number of hydrogen-bond acceptors (Lipinski definition) is 1. The topological polar surface area (TPSA) is 20.7 Å². The Labute approximate surface area is 127 Å². The Hall–Kier alpha value is -1.79. The molecule has 0 bridgehead atoms. The predicted molar refractivity (Wildman–Crippen MR) is 78.5 cm³/mol. The fourth-order valence-electron chi connectivity index (χ4n) is 2.18. The second-order valence-electron chi connectivity index (χ2n) is 4.48. The zero-order valence-corrected chi connectivity index (χ0v) is 12.0. The molecule has 0 amide bonds. The number of nitrogens with zero attached hydrogens (tertiary/aromatic N) is 1. The summed E-state index contributed by atoms with van der Waals surface area (Å²) < 4.78 is 40.6. The first-order valence-electron chi connectivity index (χ1n) is 5.94. The minimum absolute atomic E-state index is 0.00649. The van der Waals surface area contributed by atoms with E-state index >= 15 is 0 Å². The molecule has 7 heteroatoms. The van der Waals surface area contributed by atoms with Gasteiger partial charge in [-0.25, -0.2) is 0 Å². The van der Waals surface area contributed by atoms with E-state index < -0.39 is 11.7 Å². The molecule has 0 fully saturated rings. The van der Waals surface area contributed by atoms with Crippen molar-refractivity contribution in [2.75, 3.05) is 0 Å². The molecule has 1 N–H and O–H groups in total. The number of hydrogen-bond donors (Lipinski definition) is 1. The van der Waals surface area contributed by atoms with Gasteiger partial charge in [-0.05, 0) is 42.5 Å². The summed E-state index contributed by atoms with van der Waals surface area (Å²) in [4.78, 5) is 2.96. The summed E-state index contributed by atoms with van der Waals surface area (Å²) in [6.07, 6.45) is -4.46. The molecule has 1 aromatic heterocycles. The highest BCUT2D eigenvalue weighted by Crippen LogP contribution is 2.33. The average molecular weight is 329 g/mol. The molecule has 0 spiro atoms. The predicted octanol–water partition coefficient (Wildman–Crippen LogP) is 5.36. The largest absolute Gasteiger partial charge is 0.416 e. The summed E-state index contributed by atoms with van der Waals surface area (Å²) in [6, 6.07) is 10.6. The summed E-state index contributed by atoms with van der Waals surface area (Å²) in [7, 11) is 0. The third kappa shape index (κ3) is 2.56. The van der Waals surface area contributed by atoms with E-state index in [9.17, 15) is 13.2 Å². The van der Waals surface area contributed by atoms with Gasteiger partial charge in [0.2, 0.25) is 0 Å². The molecule has 2 nitrogen and oxygen atoms in total. The van der Waals surface area contributed by atoms with Crippen LogP contribution in [-0.4, -0.2) is 9.55 Å². The van der Waals surface area contributed by atoms with Crippen LogP contribution >= 0.6 is 23.8 Å². The van der Waals surface area contributed by atoms with Crippen LogP contribution in [0.1, 0.15) is 5.56 Å². The average Bonchev–Trinajstić information content (AvgIpc) is 2.72. The first-order valence-corrected chi connectivity index (χ1v) is 6.73. The van der Waals surface area contributed by atoms with E-state index in [1.165, 1.54) is 10.6 Å². The van der Waals surface area contributed by atoms with Crippen LogP contribution < -0.4 is 0 Å². The van der Waals surface area contributed by atoms with Crippen LogP contribution in [0.4, 0.5) is 13.2 Å². The van der Waals surface area contributed by atoms with Crippen molar-refractivity contribution in [3.8, 4) is 5.69 Å². The van der Waals surface area contributed by atoms with Gasteiger partial charge in [0.1, 0.15) is 0 Å². The van der Waals surface area contributed by atoms with Crippen LogP contribution in [-0.2, 0) is 6.18 Å². The highest BCUT2D eigenvalue weighted by molar-refractivity contribution is 7.71. The molecule has 3 rings (SSSR count). The summed E-state index contributed by atoms with van der Waals surface area (Å²) in [6.45, 7) is 0. The molecule has 0 unspecified atom stereocenters. The van der Waals surface area contributed by atoms with Gasteiger partial charge in [-0.1, -0.05) is 23.7 Å². The van der Waals surface area contributed by atoms with Gasteiger partial charge in [-0.2, -0.15) is 13.2 Å². The summed E-state index contributed by atoms with van der Waals surface area (Å²) in [5.74, 6) is 0. The number of H-pyrrole nitrogens is 1. The number of alkyl halides is 3. The van der Waals surface area contributed by atoms with Gasteiger partial charge >= 0.3 is 6.18 Å². The maximum Gasteiger partial charge on any atom is 0.416 e. The second-order valence-corrected chi connectivity index (χ2v) is 5.30. The minimum atomic E-state index is -4.46. The SMILES string of the molecule is FC(F)(F)c1cc(Cl)cc(-n2c(=S)[nH]c3ccccc32)c1. The molecule has 21 heavy (non-hydrogen) atoms. The lowest BCUT2D eigenvalue weighted by atomic mass is 10.2. The molecule has 2 aromatic carbocycles. The van der Waals surface area contributed by atoms with Crippen LogP contribution in [0.25, 0.3) is 16.7 Å². The molecule has 3 aromatic rings. The normalized spacial score (nSPS) is 12.0. The van der Waals surface area contributed by atoms with Crippen molar-refractivity contribution in [1.82, 2.24) is 9.55 Å². The highest BCUT2D eigenvalue weighted by Gasteiger charge is 2.31. The van der Waals surface area contributed by atoms with Crippen LogP contribution in [0.3, 0.4) is 0 Å². The van der Waals surface area contributed by atoms with Gasteiger partial charge in [-0.3, -0.25) is 4.57 Å². The van der Waals surface area contributed by atoms with Gasteiger partial charge in [0.15, 0.2) is 4.77 Å². The Morgan fingerprint density at radius 1 is 1.10 bits per heavy atom. The first kappa shape index (κ1) is 14.2. The molecule has 0 aliphatic rings. The number of halogens is 4. The van der Waals surface area contributed by atoms with Crippen molar-refractivity contribution in [1.29, 1.82) is 0 Å². The van der Waals surface area contributed by atoms with E-state index in [0.29, 0.717) is 10.3 Å². The zero-order chi connectivity index (χ0) is 15.2. The number of aromatic nitrogens is 2. The molecule has 0 radical (unpaired) electrons. The molecular weight excluding hydrogens is 321 g/mol. The Morgan fingerprint density at radius 2 is 1.81 bits per heavy atom. The second kappa shape index (κ2) is 4.89. The monoisotopic (exact) mass is 328 g/mol. The molecule has 0 aliphatic heterocycles. The molecule has 108 valence electrons. The van der Waals surface area contributed by atoms with Crippen LogP contribution in [0.15, 0.2) is 42.5 Å². The summed E-state index contributed by atoms with van der Waals surface area (Å²) >= 11 is 11.0. The van der Waals surface area contributed by atoms with Crippen molar-refractivity contribution in [2.24, 2.45) is 0 Å². The van der Waals surface area contributed by atoms with Crippen molar-refractivity contribution in [3.63, 3.8) is 0 Å². The maximum absolute atomic E-state index is 12.9. The Kier molecular flexibility index (Phi) is 3.30. The van der Waals surface area contributed by atoms with Crippen LogP contribution in [0, 0.1) is 4.77 Å². The Morgan fingerprint density at radius 3 is 2.52 bits per heavy atom. The molecule has 0 aliphatic carbocycles. The van der Waals surface area contributed by atoms with E-state index in [0.717, 1.165) is 17.6 Å². The van der Waals surface area contributed by atoms with E-state index in [1.807, 2.05) is 6.07 Å². The number of aromatic amines is 1. The van der Waals surface area contributed by atoms with Crippen molar-refractivity contribution in [2.45, 2.75) is 6.18 Å². The maximum atomic E-state index is 12.9. The number of para-hydroxylation sites is 2. The van der Waals surface area contributed by atoms with E-state index in [1.54, 1.807) is 18.2 Å². The quantitative estimate of drug-likeness (QED) is 0.596. The third-order valence-corrected chi connectivity index (χ3v) is 3.56. The number of imidazole rings is 1. The first-order chi connectivity index (χ1) is 9.86. The van der Waals surface area contributed by atoms with Crippen LogP contribution in [0.5, 0.6) is 0 Å². The highest BCUT2D eigenvalue weighted by atomic mass is 35.5. The van der Waals surface area contributed by atoms with E-state index in [-0.39, 0.29) is 10.7 Å². The van der Waals surface area contributed by atoms with Gasteiger partial charge in [0.05, 0.1) is 22.3 Å². The number of fused-ring (bicyclic) bond motifs is 1. The minimum Gasteiger partial charge on any atom is -0.330 e. The van der Waals surface area contributed by atoms with Crippen LogP contribution in [0.2, 0.25) is 5.02 Å². The summed E-state index contributed by atoms with van der Waals surface area (Å²) in [5.41, 5.74) is 0.906. The van der Waals surface area contributed by atoms with Crippen molar-refractivity contribution < 1.29 is 13.2 Å². The van der Waals surface area contributed by atoms with E-state index in [2.05, 4.69) is 4.98 Å². The summed E-state index contributed by atoms with van der Waals surface area (Å²) in [5, 5.41) is 0.00649. The Balaban J connectivity index is 2.31. The third-order valence-electron chi connectivity index (χ3n) is 3.06. The fraction of sp³-hybridized carbons (Fsp3) is 0.0714. The van der Waals surface area contributed by atoms with Gasteiger partial charge in [0.25, 0.3) is 0 Å². The van der Waals surface area contributed by atoms with Gasteiger partial charge in [-0.15, -0.1) is 0 Å². The van der Waals surface area contributed by atoms with Gasteiger partial charge in [0, 0.05) is 5.02 Å². The molecule has 1 heterocycles. The van der Waals surface area contributed by atoms with E-state index in [4.69, 9.17) is 23.8 Å². The lowest BCUT2D eigenvalue weighted by Crippen LogP contribution is -2.06. The molecule has 0 atom stereocenters. The fourth-order valence-corrected chi connectivity index (χ4v) is 2.72. The van der Waals surface area contributed by atoms with Crippen molar-refractivity contribution in [3.05, 3.63) is 57.8 Å². The zero-order valence-electron chi connectivity index (χ0n) is 10.4. The lowest BCUT2D eigenvalue weighted by molar-refractivity contribution is -0.137. The lowest BCUT2D eigenvalue weighted by Gasteiger charge is -2.11. The van der Waals surface area contributed by atoms with Gasteiger partial charge < -0.3 is 4.98 Å². The number of nitrogens with one attached hydrogen (secondary N) is 1. The Bertz CT molecular complexity index is 880. The van der Waals surface area contributed by atoms with Crippen molar-refractivity contribution >= 4 is 34.9 Å². The molecule has 0 saturated heterocycles. The number of rotatable bonds is 1.